The molecule has 1 saturated heterocycles. The molecule has 1 aliphatic heterocycles. The number of nitrogens with two attached hydrogens (primary N) is 1. The van der Waals surface area contributed by atoms with Crippen LogP contribution in [0, 0.1) is 5.92 Å². The third-order valence-corrected chi connectivity index (χ3v) is 6.23. The van der Waals surface area contributed by atoms with E-state index in [9.17, 15) is 33.9 Å². The zero-order chi connectivity index (χ0) is 30.7. The lowest BCUT2D eigenvalue weighted by atomic mass is 10.0. The minimum atomic E-state index is -1.49. The van der Waals surface area contributed by atoms with Gasteiger partial charge in [0.2, 0.25) is 29.5 Å². The average molecular weight is 579 g/mol. The topological polar surface area (TPSA) is 238 Å². The highest BCUT2D eigenvalue weighted by molar-refractivity contribution is 5.99. The first-order chi connectivity index (χ1) is 19.4. The molecule has 0 saturated carbocycles. The van der Waals surface area contributed by atoms with Gasteiger partial charge in [0, 0.05) is 12.1 Å². The number of aliphatic hydroxyl groups excluding tert-OH is 2. The van der Waals surface area contributed by atoms with Crippen LogP contribution in [0.15, 0.2) is 24.3 Å². The van der Waals surface area contributed by atoms with Crippen molar-refractivity contribution in [2.24, 2.45) is 11.7 Å². The Morgan fingerprint density at radius 2 is 1.61 bits per heavy atom. The van der Waals surface area contributed by atoms with Crippen LogP contribution in [-0.4, -0.2) is 89.1 Å². The Kier molecular flexibility index (Phi) is 12.6. The number of nitrogens with one attached hydrogen (secondary N) is 5. The summed E-state index contributed by atoms with van der Waals surface area (Å²) in [5.74, 6) is -4.68. The molecule has 0 radical (unpaired) electrons. The maximum atomic E-state index is 12.9. The average Bonchev–Trinajstić information content (AvgIpc) is 3.33. The van der Waals surface area contributed by atoms with Gasteiger partial charge in [0.25, 0.3) is 0 Å². The van der Waals surface area contributed by atoms with Gasteiger partial charge in [0.1, 0.15) is 24.2 Å². The Labute approximate surface area is 236 Å². The van der Waals surface area contributed by atoms with Gasteiger partial charge in [-0.15, -0.1) is 0 Å². The molecule has 1 heterocycles. The van der Waals surface area contributed by atoms with Gasteiger partial charge in [-0.1, -0.05) is 26.0 Å². The normalized spacial score (nSPS) is 17.4. The highest BCUT2D eigenvalue weighted by Crippen LogP contribution is 2.11. The van der Waals surface area contributed by atoms with E-state index in [2.05, 4.69) is 26.6 Å². The third-order valence-electron chi connectivity index (χ3n) is 6.23. The number of ether oxygens (including phenoxy) is 1. The highest BCUT2D eigenvalue weighted by atomic mass is 16.5. The van der Waals surface area contributed by atoms with E-state index in [1.165, 1.54) is 6.92 Å². The van der Waals surface area contributed by atoms with E-state index in [-0.39, 0.29) is 13.2 Å². The molecule has 0 spiro atoms. The van der Waals surface area contributed by atoms with Crippen LogP contribution in [0.5, 0.6) is 0 Å². The second kappa shape index (κ2) is 15.6. The maximum absolute atomic E-state index is 12.9. The molecule has 0 aliphatic carbocycles. The Bertz CT molecular complexity index is 1110. The summed E-state index contributed by atoms with van der Waals surface area (Å²) in [4.78, 5) is 74.4. The predicted octanol–water partition coefficient (Wildman–Crippen LogP) is -2.61. The number of rotatable bonds is 14. The summed E-state index contributed by atoms with van der Waals surface area (Å²) in [7, 11) is 0. The summed E-state index contributed by atoms with van der Waals surface area (Å²) in [6.45, 7) is 3.96. The molecule has 15 nitrogen and oxygen atoms in total. The minimum Gasteiger partial charge on any atom is -0.464 e. The van der Waals surface area contributed by atoms with Crippen molar-refractivity contribution in [2.75, 3.05) is 18.5 Å². The van der Waals surface area contributed by atoms with Crippen LogP contribution in [0.2, 0.25) is 0 Å². The van der Waals surface area contributed by atoms with Crippen molar-refractivity contribution in [3.63, 3.8) is 0 Å². The molecule has 2 rings (SSSR count). The minimum absolute atomic E-state index is 0.145. The van der Waals surface area contributed by atoms with Crippen LogP contribution in [0.4, 0.5) is 5.69 Å². The fourth-order valence-electron chi connectivity index (χ4n) is 3.75. The van der Waals surface area contributed by atoms with Crippen LogP contribution in [0.3, 0.4) is 0 Å². The highest BCUT2D eigenvalue weighted by Gasteiger charge is 2.32. The van der Waals surface area contributed by atoms with Crippen molar-refractivity contribution in [1.82, 2.24) is 21.3 Å². The lowest BCUT2D eigenvalue weighted by Crippen LogP contribution is -2.59. The molecule has 1 aliphatic rings. The van der Waals surface area contributed by atoms with Crippen molar-refractivity contribution in [3.8, 4) is 0 Å². The Morgan fingerprint density at radius 3 is 2.15 bits per heavy atom. The fraction of sp³-hybridized carbons (Fsp3) is 0.538. The predicted molar refractivity (Wildman–Crippen MR) is 144 cm³/mol. The van der Waals surface area contributed by atoms with Crippen molar-refractivity contribution < 1.29 is 43.7 Å². The van der Waals surface area contributed by atoms with Gasteiger partial charge in [-0.05, 0) is 30.5 Å². The number of anilines is 1. The van der Waals surface area contributed by atoms with E-state index in [1.54, 1.807) is 38.1 Å². The van der Waals surface area contributed by atoms with Crippen LogP contribution in [0.1, 0.15) is 39.2 Å². The zero-order valence-corrected chi connectivity index (χ0v) is 23.1. The van der Waals surface area contributed by atoms with Gasteiger partial charge < -0.3 is 47.3 Å². The lowest BCUT2D eigenvalue weighted by molar-refractivity contribution is -0.141. The van der Waals surface area contributed by atoms with E-state index >= 15 is 0 Å². The van der Waals surface area contributed by atoms with Crippen LogP contribution >= 0.6 is 0 Å². The number of cyclic esters (lactones) is 1. The summed E-state index contributed by atoms with van der Waals surface area (Å²) in [6.07, 6.45) is -0.191. The molecule has 5 amide bonds. The van der Waals surface area contributed by atoms with Crippen molar-refractivity contribution in [2.45, 2.75) is 70.4 Å². The van der Waals surface area contributed by atoms with Gasteiger partial charge in [0.05, 0.1) is 32.3 Å². The number of hydrogen-bond donors (Lipinski definition) is 8. The zero-order valence-electron chi connectivity index (χ0n) is 23.1. The second-order valence-electron chi connectivity index (χ2n) is 9.94. The standard InChI is InChI=1S/C26H38N6O9/c1-13(2)21(25(39)28-14(3)22(36)29-16-6-4-15(11-33)5-7-16)32-24(38)19(12-34)31-23(37)17(27)10-20(35)30-18-8-9-41-26(18)40/h4-7,13-14,17-19,21,33-34H,8-12,27H2,1-3H3,(H,28,39)(H,29,36)(H,30,35)(H,31,37)(H,32,38)/t14-,17-,18-,19-,21-/m0/s1. The quantitative estimate of drug-likeness (QED) is 0.107. The summed E-state index contributed by atoms with van der Waals surface area (Å²) in [5.41, 5.74) is 6.89. The van der Waals surface area contributed by atoms with Crippen molar-refractivity contribution >= 4 is 41.2 Å². The molecule has 9 N–H and O–H groups in total. The van der Waals surface area contributed by atoms with Crippen LogP contribution < -0.4 is 32.3 Å². The summed E-state index contributed by atoms with van der Waals surface area (Å²) in [5, 5.41) is 31.1. The molecule has 1 aromatic carbocycles. The first kappa shape index (κ1) is 33.1. The molecule has 0 bridgehead atoms. The van der Waals surface area contributed by atoms with Gasteiger partial charge in [-0.25, -0.2) is 4.79 Å². The molecule has 0 aromatic heterocycles. The Hall–Kier alpha value is -4.08. The number of aliphatic hydroxyl groups is 2. The molecule has 226 valence electrons. The fourth-order valence-corrected chi connectivity index (χ4v) is 3.75. The van der Waals surface area contributed by atoms with E-state index < -0.39 is 84.7 Å². The Balaban J connectivity index is 1.90. The van der Waals surface area contributed by atoms with Crippen LogP contribution in [0.25, 0.3) is 0 Å². The van der Waals surface area contributed by atoms with Gasteiger partial charge in [0.15, 0.2) is 0 Å². The van der Waals surface area contributed by atoms with E-state index in [0.717, 1.165) is 0 Å². The van der Waals surface area contributed by atoms with Crippen molar-refractivity contribution in [3.05, 3.63) is 29.8 Å². The van der Waals surface area contributed by atoms with Gasteiger partial charge >= 0.3 is 5.97 Å². The number of benzene rings is 1. The van der Waals surface area contributed by atoms with Gasteiger partial charge in [-0.3, -0.25) is 24.0 Å². The maximum Gasteiger partial charge on any atom is 0.328 e. The summed E-state index contributed by atoms with van der Waals surface area (Å²) >= 11 is 0. The first-order valence-electron chi connectivity index (χ1n) is 13.1. The number of hydrogen-bond acceptors (Lipinski definition) is 10. The summed E-state index contributed by atoms with van der Waals surface area (Å²) in [6, 6.07) is 0.658. The lowest BCUT2D eigenvalue weighted by Gasteiger charge is -2.26. The molecular weight excluding hydrogens is 540 g/mol. The molecule has 1 aromatic rings. The Morgan fingerprint density at radius 1 is 0.951 bits per heavy atom. The molecule has 1 fully saturated rings. The SMILES string of the molecule is CC(C)[C@H](NC(=O)[C@H](CO)NC(=O)[C@@H](N)CC(=O)N[C@H]1CCOC1=O)C(=O)N[C@@H](C)C(=O)Nc1ccc(CO)cc1. The smallest absolute Gasteiger partial charge is 0.328 e. The first-order valence-corrected chi connectivity index (χ1v) is 13.1. The summed E-state index contributed by atoms with van der Waals surface area (Å²) < 4.78 is 4.75. The molecule has 41 heavy (non-hydrogen) atoms. The third kappa shape index (κ3) is 10.1. The molecule has 15 heteroatoms. The number of esters is 1. The van der Waals surface area contributed by atoms with Gasteiger partial charge in [-0.2, -0.15) is 0 Å². The largest absolute Gasteiger partial charge is 0.464 e. The van der Waals surface area contributed by atoms with Crippen molar-refractivity contribution in [1.29, 1.82) is 0 Å². The molecular formula is C26H38N6O9. The number of carbonyl (C=O) groups is 6. The van der Waals surface area contributed by atoms with Crippen LogP contribution in [-0.2, 0) is 40.1 Å². The molecule has 0 unspecified atom stereocenters. The number of amides is 5. The van der Waals surface area contributed by atoms with E-state index in [0.29, 0.717) is 17.7 Å². The van der Waals surface area contributed by atoms with E-state index in [4.69, 9.17) is 15.6 Å². The molecule has 5 atom stereocenters. The number of carbonyl (C=O) groups excluding carboxylic acids is 6. The monoisotopic (exact) mass is 578 g/mol. The van der Waals surface area contributed by atoms with E-state index in [1.807, 2.05) is 0 Å². The second-order valence-corrected chi connectivity index (χ2v) is 9.94.